The van der Waals surface area contributed by atoms with Gasteiger partial charge in [0, 0.05) is 28.7 Å². The molecule has 3 saturated heterocycles. The van der Waals surface area contributed by atoms with E-state index >= 15 is 0 Å². The van der Waals surface area contributed by atoms with Crippen molar-refractivity contribution in [2.24, 2.45) is 11.8 Å². The minimum Gasteiger partial charge on any atom is -0.465 e. The summed E-state index contributed by atoms with van der Waals surface area (Å²) in [4.78, 5) is 43.9. The number of nitrogens with zero attached hydrogens (tertiary/aromatic N) is 2. The molecule has 1 spiro atoms. The number of likely N-dealkylation sites (tertiary alicyclic amines) is 1. The number of hydrogen-bond acceptors (Lipinski definition) is 6. The summed E-state index contributed by atoms with van der Waals surface area (Å²) in [5, 5.41) is 9.55. The van der Waals surface area contributed by atoms with Crippen molar-refractivity contribution < 1.29 is 24.2 Å². The van der Waals surface area contributed by atoms with E-state index in [1.807, 2.05) is 20.8 Å². The molecule has 2 bridgehead atoms. The fourth-order valence-electron chi connectivity index (χ4n) is 5.34. The third-order valence-electron chi connectivity index (χ3n) is 6.59. The number of amides is 2. The number of carbonyl (C=O) groups excluding carboxylic acids is 3. The van der Waals surface area contributed by atoms with Gasteiger partial charge in [0.15, 0.2) is 0 Å². The number of β-amino-alcohol motifs (C(OH)–C–C–N with tert-alkyl or cyclic N) is 1. The topological polar surface area (TPSA) is 87.2 Å². The summed E-state index contributed by atoms with van der Waals surface area (Å²) in [5.74, 6) is -2.09. The Morgan fingerprint density at radius 3 is 2.62 bits per heavy atom. The molecule has 2 amide bonds. The minimum atomic E-state index is -0.757. The molecule has 178 valence electrons. The van der Waals surface area contributed by atoms with E-state index in [2.05, 4.69) is 29.1 Å². The zero-order valence-electron chi connectivity index (χ0n) is 19.0. The Morgan fingerprint density at radius 2 is 2.06 bits per heavy atom. The third-order valence-corrected chi connectivity index (χ3v) is 9.81. The van der Waals surface area contributed by atoms with Gasteiger partial charge in [0.1, 0.15) is 6.04 Å². The third kappa shape index (κ3) is 4.05. The molecular formula is C23H33BrN2O5S. The predicted octanol–water partition coefficient (Wildman–Crippen LogP) is 2.38. The lowest BCUT2D eigenvalue weighted by Gasteiger charge is -2.42. The number of ether oxygens (including phenoxy) is 1. The molecule has 0 aromatic rings. The zero-order valence-corrected chi connectivity index (χ0v) is 21.4. The van der Waals surface area contributed by atoms with Gasteiger partial charge in [0.25, 0.3) is 0 Å². The van der Waals surface area contributed by atoms with Gasteiger partial charge in [-0.25, -0.2) is 0 Å². The van der Waals surface area contributed by atoms with Crippen molar-refractivity contribution in [3.8, 4) is 0 Å². The van der Waals surface area contributed by atoms with Gasteiger partial charge in [-0.15, -0.1) is 24.9 Å². The number of halogens is 1. The van der Waals surface area contributed by atoms with Gasteiger partial charge in [0.05, 0.1) is 29.8 Å². The van der Waals surface area contributed by atoms with Gasteiger partial charge in [0.2, 0.25) is 11.8 Å². The summed E-state index contributed by atoms with van der Waals surface area (Å²) in [6, 6.07) is -0.757. The molecule has 3 fully saturated rings. The van der Waals surface area contributed by atoms with E-state index in [1.54, 1.807) is 28.8 Å². The zero-order chi connectivity index (χ0) is 23.8. The maximum Gasteiger partial charge on any atom is 0.310 e. The summed E-state index contributed by atoms with van der Waals surface area (Å²) < 4.78 is 4.74. The van der Waals surface area contributed by atoms with Crippen LogP contribution in [0.15, 0.2) is 25.3 Å². The lowest BCUT2D eigenvalue weighted by molar-refractivity contribution is -0.154. The molecule has 9 heteroatoms. The Labute approximate surface area is 202 Å². The largest absolute Gasteiger partial charge is 0.465 e. The quantitative estimate of drug-likeness (QED) is 0.214. The number of fused-ring (bicyclic) bond motifs is 1. The van der Waals surface area contributed by atoms with E-state index in [9.17, 15) is 19.5 Å². The maximum atomic E-state index is 14.0. The van der Waals surface area contributed by atoms with E-state index in [4.69, 9.17) is 4.74 Å². The molecule has 0 saturated carbocycles. The van der Waals surface area contributed by atoms with Crippen molar-refractivity contribution in [2.75, 3.05) is 26.3 Å². The second kappa shape index (κ2) is 9.50. The number of aliphatic hydroxyl groups excluding tert-OH is 1. The molecule has 0 aliphatic carbocycles. The van der Waals surface area contributed by atoms with Crippen molar-refractivity contribution >= 4 is 45.5 Å². The minimum absolute atomic E-state index is 0.0135. The number of carbonyl (C=O) groups is 3. The van der Waals surface area contributed by atoms with Crippen molar-refractivity contribution in [2.45, 2.75) is 60.0 Å². The fraction of sp³-hybridized carbons (Fsp3) is 0.696. The van der Waals surface area contributed by atoms with E-state index < -0.39 is 34.1 Å². The Morgan fingerprint density at radius 1 is 1.38 bits per heavy atom. The van der Waals surface area contributed by atoms with Crippen LogP contribution in [0.2, 0.25) is 0 Å². The second-order valence-electron chi connectivity index (χ2n) is 9.57. The van der Waals surface area contributed by atoms with Gasteiger partial charge in [-0.2, -0.15) is 0 Å². The molecule has 3 aliphatic heterocycles. The van der Waals surface area contributed by atoms with Gasteiger partial charge in [-0.1, -0.05) is 28.1 Å². The highest BCUT2D eigenvalue weighted by Gasteiger charge is 2.76. The number of rotatable bonds is 9. The first-order valence-electron chi connectivity index (χ1n) is 11.0. The smallest absolute Gasteiger partial charge is 0.310 e. The highest BCUT2D eigenvalue weighted by molar-refractivity contribution is 9.09. The molecule has 3 aliphatic rings. The van der Waals surface area contributed by atoms with Crippen LogP contribution in [-0.2, 0) is 19.1 Å². The number of thioether (sulfide) groups is 1. The predicted molar refractivity (Wildman–Crippen MR) is 128 cm³/mol. The first kappa shape index (κ1) is 25.3. The normalized spacial score (nSPS) is 33.2. The summed E-state index contributed by atoms with van der Waals surface area (Å²) in [7, 11) is 0. The monoisotopic (exact) mass is 528 g/mol. The molecular weight excluding hydrogens is 496 g/mol. The molecule has 0 radical (unpaired) electrons. The first-order chi connectivity index (χ1) is 15.0. The van der Waals surface area contributed by atoms with Crippen LogP contribution in [0.25, 0.3) is 0 Å². The maximum absolute atomic E-state index is 14.0. The Kier molecular flexibility index (Phi) is 7.52. The van der Waals surface area contributed by atoms with Crippen molar-refractivity contribution in [1.82, 2.24) is 9.80 Å². The van der Waals surface area contributed by atoms with Crippen LogP contribution in [0.4, 0.5) is 0 Å². The highest BCUT2D eigenvalue weighted by Crippen LogP contribution is 2.68. The Bertz CT molecular complexity index is 800. The first-order valence-corrected chi connectivity index (χ1v) is 12.8. The van der Waals surface area contributed by atoms with E-state index in [-0.39, 0.29) is 41.6 Å². The molecule has 6 atom stereocenters. The SMILES string of the molecule is C=CCCOC(=O)[C@H]1[C@@H]2SC3(CC2Br)C(C(=O)N(CC=C)C(C)(C)C)N(CCO)C(=O)[C@H]13. The number of esters is 1. The number of hydrogen-bond donors (Lipinski definition) is 1. The molecule has 1 N–H and O–H groups in total. The molecule has 32 heavy (non-hydrogen) atoms. The van der Waals surface area contributed by atoms with Crippen LogP contribution in [-0.4, -0.2) is 85.4 Å². The molecule has 3 unspecified atom stereocenters. The van der Waals surface area contributed by atoms with Crippen LogP contribution in [0.1, 0.15) is 33.6 Å². The number of aliphatic hydroxyl groups is 1. The van der Waals surface area contributed by atoms with E-state index in [0.717, 1.165) is 0 Å². The van der Waals surface area contributed by atoms with Gasteiger partial charge < -0.3 is 19.6 Å². The van der Waals surface area contributed by atoms with Crippen LogP contribution < -0.4 is 0 Å². The summed E-state index contributed by atoms with van der Waals surface area (Å²) in [5.41, 5.74) is -0.480. The average molecular weight is 529 g/mol. The molecule has 3 heterocycles. The van der Waals surface area contributed by atoms with Gasteiger partial charge in [-0.3, -0.25) is 14.4 Å². The fourth-order valence-corrected chi connectivity index (χ4v) is 8.93. The van der Waals surface area contributed by atoms with Crippen LogP contribution in [0.5, 0.6) is 0 Å². The summed E-state index contributed by atoms with van der Waals surface area (Å²) in [6.45, 7) is 13.6. The Hall–Kier alpha value is -1.32. The molecule has 0 aromatic heterocycles. The molecule has 0 aromatic carbocycles. The summed E-state index contributed by atoms with van der Waals surface area (Å²) in [6.07, 6.45) is 4.49. The van der Waals surface area contributed by atoms with Crippen LogP contribution >= 0.6 is 27.7 Å². The molecule has 3 rings (SSSR count). The second-order valence-corrected chi connectivity index (χ2v) is 12.3. The Balaban J connectivity index is 2.03. The lowest BCUT2D eigenvalue weighted by atomic mass is 9.71. The van der Waals surface area contributed by atoms with Gasteiger partial charge >= 0.3 is 5.97 Å². The van der Waals surface area contributed by atoms with Crippen molar-refractivity contribution in [3.05, 3.63) is 25.3 Å². The lowest BCUT2D eigenvalue weighted by Crippen LogP contribution is -2.59. The standard InChI is InChI=1S/C23H33BrN2O5S/c1-6-8-12-31-21(30)15-16-19(28)25(10-11-27)18(23(16)13-14(24)17(15)32-23)20(29)26(9-7-2)22(3,4)5/h6-7,14-18,27H,1-2,8-13H2,3-5H3/t14?,15-,16+,17-,18?,23?/m1/s1. The average Bonchev–Trinajstić information content (AvgIpc) is 3.29. The van der Waals surface area contributed by atoms with Crippen LogP contribution in [0.3, 0.4) is 0 Å². The van der Waals surface area contributed by atoms with E-state index in [1.165, 1.54) is 4.90 Å². The summed E-state index contributed by atoms with van der Waals surface area (Å²) >= 11 is 5.28. The van der Waals surface area contributed by atoms with E-state index in [0.29, 0.717) is 19.4 Å². The van der Waals surface area contributed by atoms with Crippen molar-refractivity contribution in [3.63, 3.8) is 0 Å². The van der Waals surface area contributed by atoms with Gasteiger partial charge in [-0.05, 0) is 33.6 Å². The number of alkyl halides is 1. The van der Waals surface area contributed by atoms with Crippen molar-refractivity contribution in [1.29, 1.82) is 0 Å². The highest BCUT2D eigenvalue weighted by atomic mass is 79.9. The molecule has 7 nitrogen and oxygen atoms in total. The van der Waals surface area contributed by atoms with Crippen LogP contribution in [0, 0.1) is 11.8 Å².